The molecule has 0 aliphatic carbocycles. The van der Waals surface area contributed by atoms with Crippen LogP contribution < -0.4 is 0 Å². The minimum atomic E-state index is -1.37. The molecule has 0 saturated carbocycles. The summed E-state index contributed by atoms with van der Waals surface area (Å²) in [6, 6.07) is 8.50. The van der Waals surface area contributed by atoms with Crippen molar-refractivity contribution in [3.63, 3.8) is 0 Å². The zero-order chi connectivity index (χ0) is 17.9. The molecule has 1 N–H and O–H groups in total. The van der Waals surface area contributed by atoms with Crippen molar-refractivity contribution in [2.75, 3.05) is 7.11 Å². The third-order valence-electron chi connectivity index (χ3n) is 2.99. The topological polar surface area (TPSA) is 107 Å². The first-order valence-electron chi connectivity index (χ1n) is 6.41. The first-order chi connectivity index (χ1) is 11.3. The van der Waals surface area contributed by atoms with Gasteiger partial charge in [0.15, 0.2) is 0 Å². The van der Waals surface area contributed by atoms with Crippen molar-refractivity contribution in [3.05, 3.63) is 62.7 Å². The average molecular weight is 368 g/mol. The number of nitro benzene ring substituents is 1. The van der Waals surface area contributed by atoms with Crippen LogP contribution in [0.1, 0.15) is 20.7 Å². The van der Waals surface area contributed by atoms with Crippen LogP contribution in [0.25, 0.3) is 0 Å². The molecule has 2 aromatic rings. The van der Waals surface area contributed by atoms with Gasteiger partial charge in [0.05, 0.1) is 33.1 Å². The molecule has 0 bridgehead atoms. The summed E-state index contributed by atoms with van der Waals surface area (Å²) >= 11 is 6.82. The van der Waals surface area contributed by atoms with Crippen LogP contribution in [0.4, 0.5) is 5.69 Å². The SMILES string of the molecule is COC(=O)c1ccccc1Sc1cc(Cl)c(C(=O)O)cc1[N+](=O)[O-]. The fourth-order valence-electron chi connectivity index (χ4n) is 1.88. The Balaban J connectivity index is 2.55. The van der Waals surface area contributed by atoms with Gasteiger partial charge in [-0.2, -0.15) is 0 Å². The van der Waals surface area contributed by atoms with Gasteiger partial charge in [0.25, 0.3) is 5.69 Å². The first-order valence-corrected chi connectivity index (χ1v) is 7.61. The average Bonchev–Trinajstić information content (AvgIpc) is 2.54. The van der Waals surface area contributed by atoms with Gasteiger partial charge in [0.2, 0.25) is 0 Å². The lowest BCUT2D eigenvalue weighted by atomic mass is 10.2. The highest BCUT2D eigenvalue weighted by atomic mass is 35.5. The number of methoxy groups -OCH3 is 1. The Morgan fingerprint density at radius 3 is 2.46 bits per heavy atom. The maximum atomic E-state index is 11.8. The van der Waals surface area contributed by atoms with Crippen LogP contribution in [0.2, 0.25) is 5.02 Å². The number of aromatic carboxylic acids is 1. The normalized spacial score (nSPS) is 10.2. The van der Waals surface area contributed by atoms with E-state index in [0.717, 1.165) is 17.8 Å². The van der Waals surface area contributed by atoms with Gasteiger partial charge in [-0.15, -0.1) is 0 Å². The minimum Gasteiger partial charge on any atom is -0.478 e. The van der Waals surface area contributed by atoms with Crippen LogP contribution in [-0.4, -0.2) is 29.1 Å². The van der Waals surface area contributed by atoms with E-state index in [1.165, 1.54) is 19.2 Å². The molecule has 0 heterocycles. The Kier molecular flexibility index (Phi) is 5.42. The summed E-state index contributed by atoms with van der Waals surface area (Å²) in [5.41, 5.74) is -0.548. The van der Waals surface area contributed by atoms with Crippen LogP contribution in [0.5, 0.6) is 0 Å². The largest absolute Gasteiger partial charge is 0.478 e. The number of carbonyl (C=O) groups is 2. The lowest BCUT2D eigenvalue weighted by Crippen LogP contribution is -2.03. The fourth-order valence-corrected chi connectivity index (χ4v) is 3.25. The van der Waals surface area contributed by atoms with Crippen LogP contribution in [0.15, 0.2) is 46.2 Å². The summed E-state index contributed by atoms with van der Waals surface area (Å²) in [5, 5.41) is 20.1. The van der Waals surface area contributed by atoms with E-state index in [9.17, 15) is 19.7 Å². The third-order valence-corrected chi connectivity index (χ3v) is 4.42. The standard InChI is InChI=1S/C15H10ClNO6S/c1-23-15(20)8-4-2-3-5-12(8)24-13-7-10(16)9(14(18)19)6-11(13)17(21)22/h2-7H,1H3,(H,18,19). The van der Waals surface area contributed by atoms with Gasteiger partial charge in [-0.1, -0.05) is 35.5 Å². The van der Waals surface area contributed by atoms with Crippen molar-refractivity contribution in [2.24, 2.45) is 0 Å². The Bertz CT molecular complexity index is 839. The van der Waals surface area contributed by atoms with E-state index in [-0.39, 0.29) is 21.0 Å². The molecule has 0 spiro atoms. The second-order valence-electron chi connectivity index (χ2n) is 4.45. The number of hydrogen-bond donors (Lipinski definition) is 1. The number of carboxylic acid groups (broad SMARTS) is 1. The molecule has 124 valence electrons. The summed E-state index contributed by atoms with van der Waals surface area (Å²) in [5.74, 6) is -1.95. The number of benzene rings is 2. The summed E-state index contributed by atoms with van der Waals surface area (Å²) < 4.78 is 4.68. The molecule has 0 aliphatic heterocycles. The fraction of sp³-hybridized carbons (Fsp3) is 0.0667. The van der Waals surface area contributed by atoms with Crippen molar-refractivity contribution >= 4 is 41.0 Å². The molecule has 7 nitrogen and oxygen atoms in total. The number of halogens is 1. The molecule has 0 amide bonds. The molecular weight excluding hydrogens is 358 g/mol. The summed E-state index contributed by atoms with van der Waals surface area (Å²) in [4.78, 5) is 33.9. The van der Waals surface area contributed by atoms with Gasteiger partial charge in [0.1, 0.15) is 0 Å². The van der Waals surface area contributed by atoms with E-state index >= 15 is 0 Å². The molecule has 0 aromatic heterocycles. The van der Waals surface area contributed by atoms with Crippen molar-refractivity contribution in [2.45, 2.75) is 9.79 Å². The third kappa shape index (κ3) is 3.66. The number of nitro groups is 1. The van der Waals surface area contributed by atoms with Gasteiger partial charge in [-0.3, -0.25) is 10.1 Å². The van der Waals surface area contributed by atoms with E-state index in [0.29, 0.717) is 4.90 Å². The molecule has 24 heavy (non-hydrogen) atoms. The highest BCUT2D eigenvalue weighted by molar-refractivity contribution is 7.99. The van der Waals surface area contributed by atoms with Crippen molar-refractivity contribution in [3.8, 4) is 0 Å². The molecule has 9 heteroatoms. The van der Waals surface area contributed by atoms with Gasteiger partial charge in [-0.05, 0) is 18.2 Å². The molecule has 2 aromatic carbocycles. The van der Waals surface area contributed by atoms with Gasteiger partial charge >= 0.3 is 11.9 Å². The molecule has 0 fully saturated rings. The van der Waals surface area contributed by atoms with Crippen molar-refractivity contribution < 1.29 is 24.4 Å². The van der Waals surface area contributed by atoms with E-state index < -0.39 is 22.5 Å². The highest BCUT2D eigenvalue weighted by Gasteiger charge is 2.23. The Morgan fingerprint density at radius 1 is 1.21 bits per heavy atom. The van der Waals surface area contributed by atoms with Crippen LogP contribution in [0, 0.1) is 10.1 Å². The number of carbonyl (C=O) groups excluding carboxylic acids is 1. The predicted molar refractivity (Wildman–Crippen MR) is 87.0 cm³/mol. The van der Waals surface area contributed by atoms with Crippen LogP contribution >= 0.6 is 23.4 Å². The number of nitrogens with zero attached hydrogens (tertiary/aromatic N) is 1. The van der Waals surface area contributed by atoms with E-state index in [1.807, 2.05) is 0 Å². The van der Waals surface area contributed by atoms with Crippen molar-refractivity contribution in [1.82, 2.24) is 0 Å². The maximum absolute atomic E-state index is 11.8. The Morgan fingerprint density at radius 2 is 1.88 bits per heavy atom. The molecule has 0 radical (unpaired) electrons. The lowest BCUT2D eigenvalue weighted by molar-refractivity contribution is -0.387. The van der Waals surface area contributed by atoms with Crippen LogP contribution in [-0.2, 0) is 4.74 Å². The van der Waals surface area contributed by atoms with Gasteiger partial charge < -0.3 is 9.84 Å². The Hall–Kier alpha value is -2.58. The zero-order valence-corrected chi connectivity index (χ0v) is 13.8. The van der Waals surface area contributed by atoms with Crippen LogP contribution in [0.3, 0.4) is 0 Å². The molecule has 0 atom stereocenters. The molecule has 0 unspecified atom stereocenters. The summed E-state index contributed by atoms with van der Waals surface area (Å²) in [7, 11) is 1.23. The van der Waals surface area contributed by atoms with E-state index in [4.69, 9.17) is 16.7 Å². The lowest BCUT2D eigenvalue weighted by Gasteiger charge is -2.09. The predicted octanol–water partition coefficient (Wildman–Crippen LogP) is 3.88. The number of esters is 1. The van der Waals surface area contributed by atoms with Gasteiger partial charge in [-0.25, -0.2) is 9.59 Å². The molecule has 2 rings (SSSR count). The van der Waals surface area contributed by atoms with E-state index in [2.05, 4.69) is 4.74 Å². The number of hydrogen-bond acceptors (Lipinski definition) is 6. The number of rotatable bonds is 5. The number of ether oxygens (including phenoxy) is 1. The first kappa shape index (κ1) is 17.8. The zero-order valence-electron chi connectivity index (χ0n) is 12.2. The molecule has 0 saturated heterocycles. The second kappa shape index (κ2) is 7.33. The highest BCUT2D eigenvalue weighted by Crippen LogP contribution is 2.39. The summed E-state index contributed by atoms with van der Waals surface area (Å²) in [6.07, 6.45) is 0. The monoisotopic (exact) mass is 367 g/mol. The second-order valence-corrected chi connectivity index (χ2v) is 5.94. The minimum absolute atomic E-state index is 0.117. The van der Waals surface area contributed by atoms with Gasteiger partial charge in [0, 0.05) is 11.0 Å². The Labute approximate surface area is 145 Å². The summed E-state index contributed by atoms with van der Waals surface area (Å²) in [6.45, 7) is 0. The molecular formula is C15H10ClNO6S. The number of carboxylic acids is 1. The van der Waals surface area contributed by atoms with Crippen molar-refractivity contribution in [1.29, 1.82) is 0 Å². The smallest absolute Gasteiger partial charge is 0.339 e. The van der Waals surface area contributed by atoms with E-state index in [1.54, 1.807) is 18.2 Å². The maximum Gasteiger partial charge on any atom is 0.339 e. The molecule has 0 aliphatic rings. The quantitative estimate of drug-likeness (QED) is 0.485.